The Balaban J connectivity index is 2.39. The summed E-state index contributed by atoms with van der Waals surface area (Å²) < 4.78 is 24.2. The minimum Gasteiger partial charge on any atom is -0.316 e. The first kappa shape index (κ1) is 10.9. The van der Waals surface area contributed by atoms with Crippen LogP contribution >= 0.6 is 0 Å². The van der Waals surface area contributed by atoms with Crippen molar-refractivity contribution in [3.05, 3.63) is 0 Å². The van der Waals surface area contributed by atoms with E-state index in [1.807, 2.05) is 0 Å². The maximum absolute atomic E-state index is 12.1. The van der Waals surface area contributed by atoms with E-state index < -0.39 is 6.43 Å². The number of piperidine rings is 1. The third kappa shape index (κ3) is 3.19. The van der Waals surface area contributed by atoms with Gasteiger partial charge in [-0.15, -0.1) is 0 Å². The Morgan fingerprint density at radius 3 is 2.77 bits per heavy atom. The molecule has 1 N–H and O–H groups in total. The second kappa shape index (κ2) is 4.86. The van der Waals surface area contributed by atoms with Crippen molar-refractivity contribution in [2.24, 2.45) is 5.92 Å². The van der Waals surface area contributed by atoms with Gasteiger partial charge in [0.25, 0.3) is 6.43 Å². The van der Waals surface area contributed by atoms with E-state index in [0.29, 0.717) is 12.0 Å². The number of halogens is 2. The van der Waals surface area contributed by atoms with Crippen LogP contribution in [0.2, 0.25) is 0 Å². The molecule has 0 amide bonds. The van der Waals surface area contributed by atoms with Crippen LogP contribution in [0.15, 0.2) is 0 Å². The van der Waals surface area contributed by atoms with Crippen molar-refractivity contribution in [1.82, 2.24) is 10.2 Å². The Morgan fingerprint density at radius 2 is 2.23 bits per heavy atom. The predicted molar refractivity (Wildman–Crippen MR) is 49.1 cm³/mol. The van der Waals surface area contributed by atoms with Crippen molar-refractivity contribution in [2.75, 3.05) is 26.7 Å². The first-order valence-electron chi connectivity index (χ1n) is 4.80. The maximum Gasteiger partial charge on any atom is 0.251 e. The average molecular weight is 192 g/mol. The van der Waals surface area contributed by atoms with E-state index in [1.54, 1.807) is 11.9 Å². The number of hydrogen-bond donors (Lipinski definition) is 1. The normalized spacial score (nSPS) is 30.0. The molecule has 1 aliphatic heterocycles. The molecule has 0 saturated carbocycles. The molecule has 4 heteroatoms. The molecular formula is C9H18F2N2. The van der Waals surface area contributed by atoms with Gasteiger partial charge in [-0.05, 0) is 32.5 Å². The lowest BCUT2D eigenvalue weighted by Gasteiger charge is -2.36. The van der Waals surface area contributed by atoms with Gasteiger partial charge in [-0.25, -0.2) is 8.78 Å². The summed E-state index contributed by atoms with van der Waals surface area (Å²) in [7, 11) is 1.79. The second-order valence-corrected chi connectivity index (χ2v) is 3.87. The molecule has 2 atom stereocenters. The number of alkyl halides is 2. The van der Waals surface area contributed by atoms with Gasteiger partial charge in [0.05, 0.1) is 6.54 Å². The molecule has 1 fully saturated rings. The van der Waals surface area contributed by atoms with Gasteiger partial charge in [0.15, 0.2) is 0 Å². The van der Waals surface area contributed by atoms with Crippen molar-refractivity contribution in [3.8, 4) is 0 Å². The quantitative estimate of drug-likeness (QED) is 0.722. The van der Waals surface area contributed by atoms with Crippen LogP contribution in [0.5, 0.6) is 0 Å². The molecule has 0 aliphatic carbocycles. The predicted octanol–water partition coefficient (Wildman–Crippen LogP) is 1.18. The van der Waals surface area contributed by atoms with Crippen LogP contribution < -0.4 is 5.32 Å². The molecule has 2 nitrogen and oxygen atoms in total. The van der Waals surface area contributed by atoms with E-state index in [2.05, 4.69) is 12.2 Å². The number of nitrogens with zero attached hydrogens (tertiary/aromatic N) is 1. The highest BCUT2D eigenvalue weighted by molar-refractivity contribution is 4.81. The minimum absolute atomic E-state index is 0.102. The summed E-state index contributed by atoms with van der Waals surface area (Å²) in [4.78, 5) is 1.79. The van der Waals surface area contributed by atoms with Crippen LogP contribution in [0.4, 0.5) is 8.78 Å². The Kier molecular flexibility index (Phi) is 4.06. The second-order valence-electron chi connectivity index (χ2n) is 3.87. The summed E-state index contributed by atoms with van der Waals surface area (Å²) in [6.07, 6.45) is -1.24. The van der Waals surface area contributed by atoms with Crippen molar-refractivity contribution in [2.45, 2.75) is 25.8 Å². The number of hydrogen-bond acceptors (Lipinski definition) is 2. The van der Waals surface area contributed by atoms with Gasteiger partial charge < -0.3 is 5.32 Å². The zero-order valence-corrected chi connectivity index (χ0v) is 8.26. The number of nitrogens with one attached hydrogen (secondary N) is 1. The van der Waals surface area contributed by atoms with E-state index in [-0.39, 0.29) is 6.54 Å². The van der Waals surface area contributed by atoms with Gasteiger partial charge in [0.2, 0.25) is 0 Å². The Labute approximate surface area is 78.3 Å². The van der Waals surface area contributed by atoms with Gasteiger partial charge in [0.1, 0.15) is 0 Å². The van der Waals surface area contributed by atoms with Crippen molar-refractivity contribution >= 4 is 0 Å². The van der Waals surface area contributed by atoms with E-state index in [4.69, 9.17) is 0 Å². The van der Waals surface area contributed by atoms with Crippen LogP contribution in [-0.2, 0) is 0 Å². The van der Waals surface area contributed by atoms with E-state index >= 15 is 0 Å². The first-order chi connectivity index (χ1) is 6.11. The van der Waals surface area contributed by atoms with Crippen LogP contribution in [-0.4, -0.2) is 44.0 Å². The third-order valence-electron chi connectivity index (χ3n) is 2.73. The summed E-state index contributed by atoms with van der Waals surface area (Å²) in [5.41, 5.74) is 0. The Hall–Kier alpha value is -0.220. The van der Waals surface area contributed by atoms with Crippen molar-refractivity contribution < 1.29 is 8.78 Å². The molecule has 0 aromatic rings. The molecule has 0 radical (unpaired) electrons. The van der Waals surface area contributed by atoms with Crippen LogP contribution in [0.1, 0.15) is 13.3 Å². The van der Waals surface area contributed by atoms with Gasteiger partial charge in [0, 0.05) is 6.04 Å². The molecule has 0 aromatic heterocycles. The highest BCUT2D eigenvalue weighted by Gasteiger charge is 2.25. The Morgan fingerprint density at radius 1 is 1.54 bits per heavy atom. The van der Waals surface area contributed by atoms with Crippen LogP contribution in [0, 0.1) is 5.92 Å². The molecule has 1 heterocycles. The third-order valence-corrected chi connectivity index (χ3v) is 2.73. The fraction of sp³-hybridized carbons (Fsp3) is 1.00. The summed E-state index contributed by atoms with van der Waals surface area (Å²) in [6.45, 7) is 3.90. The molecule has 1 rings (SSSR count). The summed E-state index contributed by atoms with van der Waals surface area (Å²) in [5, 5.41) is 3.26. The lowest BCUT2D eigenvalue weighted by atomic mass is 9.94. The Bertz CT molecular complexity index is 153. The molecule has 0 bridgehead atoms. The lowest BCUT2D eigenvalue weighted by molar-refractivity contribution is 0.0574. The molecule has 2 unspecified atom stereocenters. The molecular weight excluding hydrogens is 174 g/mol. The van der Waals surface area contributed by atoms with Crippen LogP contribution in [0.25, 0.3) is 0 Å². The van der Waals surface area contributed by atoms with Gasteiger partial charge in [-0.3, -0.25) is 4.90 Å². The smallest absolute Gasteiger partial charge is 0.251 e. The summed E-state index contributed by atoms with van der Waals surface area (Å²) in [5.74, 6) is 0.470. The van der Waals surface area contributed by atoms with Crippen molar-refractivity contribution in [3.63, 3.8) is 0 Å². The van der Waals surface area contributed by atoms with E-state index in [9.17, 15) is 8.78 Å². The fourth-order valence-electron chi connectivity index (χ4n) is 2.01. The first-order valence-corrected chi connectivity index (χ1v) is 4.80. The molecule has 0 spiro atoms. The highest BCUT2D eigenvalue weighted by Crippen LogP contribution is 2.16. The largest absolute Gasteiger partial charge is 0.316 e. The molecule has 0 aromatic carbocycles. The van der Waals surface area contributed by atoms with E-state index in [1.165, 1.54) is 0 Å². The zero-order chi connectivity index (χ0) is 9.84. The minimum atomic E-state index is -2.22. The standard InChI is InChI=1S/C9H18F2N2/c1-7-5-12-4-3-8(7)13(2)6-9(10)11/h7-9,12H,3-6H2,1-2H3. The highest BCUT2D eigenvalue weighted by atomic mass is 19.3. The van der Waals surface area contributed by atoms with Gasteiger partial charge in [-0.1, -0.05) is 6.92 Å². The topological polar surface area (TPSA) is 15.3 Å². The average Bonchev–Trinajstić information content (AvgIpc) is 2.03. The SMILES string of the molecule is CC1CNCCC1N(C)CC(F)F. The fourth-order valence-corrected chi connectivity index (χ4v) is 2.01. The zero-order valence-electron chi connectivity index (χ0n) is 8.26. The summed E-state index contributed by atoms with van der Waals surface area (Å²) >= 11 is 0. The van der Waals surface area contributed by atoms with Gasteiger partial charge in [-0.2, -0.15) is 0 Å². The number of rotatable bonds is 3. The molecule has 78 valence electrons. The maximum atomic E-state index is 12.1. The lowest BCUT2D eigenvalue weighted by Crippen LogP contribution is -2.48. The van der Waals surface area contributed by atoms with E-state index in [0.717, 1.165) is 19.5 Å². The van der Waals surface area contributed by atoms with Crippen molar-refractivity contribution in [1.29, 1.82) is 0 Å². The van der Waals surface area contributed by atoms with Gasteiger partial charge >= 0.3 is 0 Å². The summed E-state index contributed by atoms with van der Waals surface area (Å²) in [6, 6.07) is 0.315. The van der Waals surface area contributed by atoms with Crippen LogP contribution in [0.3, 0.4) is 0 Å². The molecule has 13 heavy (non-hydrogen) atoms. The molecule has 1 saturated heterocycles. The molecule has 1 aliphatic rings. The monoisotopic (exact) mass is 192 g/mol.